The molecule has 0 saturated carbocycles. The smallest absolute Gasteiger partial charge is 0.116 e. The lowest BCUT2D eigenvalue weighted by molar-refractivity contribution is 0.444. The maximum Gasteiger partial charge on any atom is 0.116 e. The monoisotopic (exact) mass is 230 g/mol. The van der Waals surface area contributed by atoms with Crippen molar-refractivity contribution in [2.75, 3.05) is 13.1 Å². The van der Waals surface area contributed by atoms with Crippen LogP contribution in [0.3, 0.4) is 0 Å². The van der Waals surface area contributed by atoms with E-state index in [-0.39, 0.29) is 0 Å². The van der Waals surface area contributed by atoms with Crippen LogP contribution in [0, 0.1) is 0 Å². The van der Waals surface area contributed by atoms with E-state index in [9.17, 15) is 0 Å². The molecule has 0 atom stereocenters. The summed E-state index contributed by atoms with van der Waals surface area (Å²) >= 11 is 0. The van der Waals surface area contributed by atoms with Crippen LogP contribution >= 0.6 is 0 Å². The molecule has 0 radical (unpaired) electrons. The van der Waals surface area contributed by atoms with Crippen LogP contribution in [0.2, 0.25) is 0 Å². The second kappa shape index (κ2) is 4.47. The number of piperidine rings is 1. The molecule has 1 aliphatic rings. The summed E-state index contributed by atoms with van der Waals surface area (Å²) in [5.41, 5.74) is 8.02. The highest BCUT2D eigenvalue weighted by molar-refractivity contribution is 5.47. The SMILES string of the molecule is NCc1ccc2cnc(C3CCNCC3)n2c1. The molecule has 0 bridgehead atoms. The van der Waals surface area contributed by atoms with Crippen LogP contribution in [0.25, 0.3) is 5.52 Å². The van der Waals surface area contributed by atoms with Gasteiger partial charge in [-0.15, -0.1) is 0 Å². The molecule has 1 aliphatic heterocycles. The molecule has 0 unspecified atom stereocenters. The van der Waals surface area contributed by atoms with Crippen molar-refractivity contribution in [3.63, 3.8) is 0 Å². The van der Waals surface area contributed by atoms with Gasteiger partial charge in [-0.25, -0.2) is 4.98 Å². The molecule has 0 aromatic carbocycles. The summed E-state index contributed by atoms with van der Waals surface area (Å²) < 4.78 is 2.21. The second-order valence-electron chi connectivity index (χ2n) is 4.68. The average molecular weight is 230 g/mol. The third-order valence-corrected chi connectivity index (χ3v) is 3.56. The summed E-state index contributed by atoms with van der Waals surface area (Å²) in [6, 6.07) is 4.17. The Labute approximate surface area is 101 Å². The molecule has 3 N–H and O–H groups in total. The van der Waals surface area contributed by atoms with Crippen molar-refractivity contribution in [2.24, 2.45) is 5.73 Å². The van der Waals surface area contributed by atoms with Crippen molar-refractivity contribution in [1.29, 1.82) is 0 Å². The Morgan fingerprint density at radius 2 is 2.18 bits per heavy atom. The van der Waals surface area contributed by atoms with Gasteiger partial charge in [-0.05, 0) is 37.6 Å². The van der Waals surface area contributed by atoms with Gasteiger partial charge in [0.1, 0.15) is 5.82 Å². The highest BCUT2D eigenvalue weighted by Crippen LogP contribution is 2.25. The van der Waals surface area contributed by atoms with Gasteiger partial charge in [0, 0.05) is 18.7 Å². The van der Waals surface area contributed by atoms with Gasteiger partial charge in [0.25, 0.3) is 0 Å². The molecule has 1 fully saturated rings. The predicted molar refractivity (Wildman–Crippen MR) is 67.9 cm³/mol. The number of nitrogens with two attached hydrogens (primary N) is 1. The Morgan fingerprint density at radius 3 is 2.94 bits per heavy atom. The maximum absolute atomic E-state index is 5.69. The zero-order chi connectivity index (χ0) is 11.7. The molecule has 2 aromatic heterocycles. The van der Waals surface area contributed by atoms with Crippen LogP contribution in [-0.4, -0.2) is 22.5 Å². The maximum atomic E-state index is 5.69. The van der Waals surface area contributed by atoms with Gasteiger partial charge >= 0.3 is 0 Å². The first-order chi connectivity index (χ1) is 8.38. The summed E-state index contributed by atoms with van der Waals surface area (Å²) in [6.45, 7) is 2.77. The van der Waals surface area contributed by atoms with Crippen LogP contribution in [0.5, 0.6) is 0 Å². The van der Waals surface area contributed by atoms with Crippen molar-refractivity contribution in [2.45, 2.75) is 25.3 Å². The largest absolute Gasteiger partial charge is 0.326 e. The van der Waals surface area contributed by atoms with Crippen LogP contribution in [-0.2, 0) is 6.54 Å². The van der Waals surface area contributed by atoms with Crippen molar-refractivity contribution in [1.82, 2.24) is 14.7 Å². The minimum Gasteiger partial charge on any atom is -0.326 e. The summed E-state index contributed by atoms with van der Waals surface area (Å²) in [5.74, 6) is 1.77. The molecule has 2 aromatic rings. The fourth-order valence-corrected chi connectivity index (χ4v) is 2.56. The number of hydrogen-bond acceptors (Lipinski definition) is 3. The summed E-state index contributed by atoms with van der Waals surface area (Å²) in [4.78, 5) is 4.59. The van der Waals surface area contributed by atoms with Crippen molar-refractivity contribution >= 4 is 5.52 Å². The Hall–Kier alpha value is -1.39. The lowest BCUT2D eigenvalue weighted by Gasteiger charge is -2.21. The van der Waals surface area contributed by atoms with E-state index in [0.29, 0.717) is 12.5 Å². The average Bonchev–Trinajstić information content (AvgIpc) is 2.82. The minimum atomic E-state index is 0.576. The van der Waals surface area contributed by atoms with Crippen molar-refractivity contribution in [3.05, 3.63) is 35.9 Å². The standard InChI is InChI=1S/C13H18N4/c14-7-10-1-2-12-8-16-13(17(12)9-10)11-3-5-15-6-4-11/h1-2,8-9,11,15H,3-7,14H2. The first-order valence-corrected chi connectivity index (χ1v) is 6.25. The van der Waals surface area contributed by atoms with Gasteiger partial charge in [0.05, 0.1) is 11.7 Å². The molecule has 17 heavy (non-hydrogen) atoms. The summed E-state index contributed by atoms with van der Waals surface area (Å²) in [5, 5.41) is 3.39. The number of hydrogen-bond donors (Lipinski definition) is 2. The molecular weight excluding hydrogens is 212 g/mol. The number of imidazole rings is 1. The number of nitrogens with zero attached hydrogens (tertiary/aromatic N) is 2. The van der Waals surface area contributed by atoms with E-state index in [1.54, 1.807) is 0 Å². The van der Waals surface area contributed by atoms with E-state index in [1.807, 2.05) is 6.20 Å². The van der Waals surface area contributed by atoms with Gasteiger partial charge in [0.15, 0.2) is 0 Å². The number of nitrogens with one attached hydrogen (secondary N) is 1. The summed E-state index contributed by atoms with van der Waals surface area (Å²) in [6.07, 6.45) is 6.43. The third kappa shape index (κ3) is 1.94. The van der Waals surface area contributed by atoms with Crippen LogP contribution in [0.1, 0.15) is 30.1 Å². The first-order valence-electron chi connectivity index (χ1n) is 6.25. The second-order valence-corrected chi connectivity index (χ2v) is 4.68. The zero-order valence-corrected chi connectivity index (χ0v) is 9.89. The molecule has 0 spiro atoms. The molecular formula is C13H18N4. The molecule has 90 valence electrons. The van der Waals surface area contributed by atoms with Crippen LogP contribution < -0.4 is 11.1 Å². The quantitative estimate of drug-likeness (QED) is 0.816. The van der Waals surface area contributed by atoms with Crippen LogP contribution in [0.4, 0.5) is 0 Å². The molecule has 0 aliphatic carbocycles. The Morgan fingerprint density at radius 1 is 1.35 bits per heavy atom. The van der Waals surface area contributed by atoms with E-state index >= 15 is 0 Å². The molecule has 4 heteroatoms. The van der Waals surface area contributed by atoms with Gasteiger partial charge in [0.2, 0.25) is 0 Å². The molecule has 4 nitrogen and oxygen atoms in total. The van der Waals surface area contributed by atoms with E-state index < -0.39 is 0 Å². The van der Waals surface area contributed by atoms with Gasteiger partial charge in [-0.1, -0.05) is 6.07 Å². The predicted octanol–water partition coefficient (Wildman–Crippen LogP) is 1.26. The highest BCUT2D eigenvalue weighted by atomic mass is 15.0. The van der Waals surface area contributed by atoms with E-state index in [0.717, 1.165) is 24.2 Å². The fraction of sp³-hybridized carbons (Fsp3) is 0.462. The van der Waals surface area contributed by atoms with Gasteiger partial charge < -0.3 is 15.5 Å². The first kappa shape index (κ1) is 10.7. The Bertz CT molecular complexity index is 511. The third-order valence-electron chi connectivity index (χ3n) is 3.56. The lowest BCUT2D eigenvalue weighted by atomic mass is 9.97. The number of aromatic nitrogens is 2. The van der Waals surface area contributed by atoms with Crippen molar-refractivity contribution in [3.8, 4) is 0 Å². The molecule has 3 rings (SSSR count). The number of fused-ring (bicyclic) bond motifs is 1. The minimum absolute atomic E-state index is 0.576. The number of rotatable bonds is 2. The molecule has 0 amide bonds. The van der Waals surface area contributed by atoms with Gasteiger partial charge in [-0.2, -0.15) is 0 Å². The molecule has 3 heterocycles. The summed E-state index contributed by atoms with van der Waals surface area (Å²) in [7, 11) is 0. The number of pyridine rings is 1. The zero-order valence-electron chi connectivity index (χ0n) is 9.89. The van der Waals surface area contributed by atoms with E-state index in [1.165, 1.54) is 18.7 Å². The van der Waals surface area contributed by atoms with Gasteiger partial charge in [-0.3, -0.25) is 0 Å². The topological polar surface area (TPSA) is 55.3 Å². The van der Waals surface area contributed by atoms with E-state index in [2.05, 4.69) is 33.0 Å². The van der Waals surface area contributed by atoms with E-state index in [4.69, 9.17) is 5.73 Å². The van der Waals surface area contributed by atoms with Crippen LogP contribution in [0.15, 0.2) is 24.5 Å². The molecule has 1 saturated heterocycles. The lowest BCUT2D eigenvalue weighted by Crippen LogP contribution is -2.27. The highest BCUT2D eigenvalue weighted by Gasteiger charge is 2.19. The van der Waals surface area contributed by atoms with Crippen molar-refractivity contribution < 1.29 is 0 Å². The normalized spacial score (nSPS) is 17.7. The fourth-order valence-electron chi connectivity index (χ4n) is 2.56. The Kier molecular flexibility index (Phi) is 2.82. The Balaban J connectivity index is 2.02.